The molecule has 0 aliphatic carbocycles. The second-order valence-electron chi connectivity index (χ2n) is 6.83. The monoisotopic (exact) mass is 410 g/mol. The lowest BCUT2D eigenvalue weighted by atomic mass is 9.92. The van der Waals surface area contributed by atoms with Crippen LogP contribution in [-0.4, -0.2) is 36.4 Å². The van der Waals surface area contributed by atoms with E-state index in [2.05, 4.69) is 10.6 Å². The van der Waals surface area contributed by atoms with Gasteiger partial charge in [0, 0.05) is 5.56 Å². The van der Waals surface area contributed by atoms with Gasteiger partial charge in [-0.1, -0.05) is 30.3 Å². The van der Waals surface area contributed by atoms with Gasteiger partial charge in [0.05, 0.1) is 13.2 Å². The number of urea groups is 1. The Morgan fingerprint density at radius 2 is 1.93 bits per heavy atom. The lowest BCUT2D eigenvalue weighted by Gasteiger charge is -2.22. The Hall–Kier alpha value is -3.93. The molecule has 4 amide bonds. The van der Waals surface area contributed by atoms with Crippen molar-refractivity contribution < 1.29 is 23.5 Å². The zero-order chi connectivity index (χ0) is 21.9. The zero-order valence-corrected chi connectivity index (χ0v) is 16.3. The van der Waals surface area contributed by atoms with Crippen LogP contribution in [0.5, 0.6) is 5.75 Å². The van der Waals surface area contributed by atoms with Gasteiger partial charge < -0.3 is 15.4 Å². The maximum atomic E-state index is 13.9. The molecule has 1 aliphatic heterocycles. The second kappa shape index (κ2) is 8.21. The summed E-state index contributed by atoms with van der Waals surface area (Å²) in [6, 6.07) is 11.9. The average Bonchev–Trinajstić information content (AvgIpc) is 2.96. The predicted octanol–water partition coefficient (Wildman–Crippen LogP) is 1.98. The van der Waals surface area contributed by atoms with E-state index in [-0.39, 0.29) is 5.56 Å². The lowest BCUT2D eigenvalue weighted by molar-refractivity contribution is -0.134. The van der Waals surface area contributed by atoms with Crippen LogP contribution in [0, 0.1) is 17.1 Å². The van der Waals surface area contributed by atoms with Crippen LogP contribution >= 0.6 is 0 Å². The van der Waals surface area contributed by atoms with Gasteiger partial charge >= 0.3 is 6.03 Å². The van der Waals surface area contributed by atoms with Gasteiger partial charge in [-0.25, -0.2) is 9.18 Å². The van der Waals surface area contributed by atoms with E-state index in [1.165, 1.54) is 38.3 Å². The van der Waals surface area contributed by atoms with Crippen LogP contribution in [0.4, 0.5) is 9.18 Å². The highest BCUT2D eigenvalue weighted by atomic mass is 19.1. The Morgan fingerprint density at radius 1 is 1.27 bits per heavy atom. The highest BCUT2D eigenvalue weighted by Gasteiger charge is 2.49. The number of amides is 4. The van der Waals surface area contributed by atoms with Crippen molar-refractivity contribution in [1.29, 1.82) is 5.26 Å². The molecule has 0 bridgehead atoms. The Balaban J connectivity index is 1.74. The first-order valence-electron chi connectivity index (χ1n) is 9.02. The van der Waals surface area contributed by atoms with Crippen LogP contribution in [-0.2, 0) is 15.1 Å². The molecular formula is C21H19FN4O4. The summed E-state index contributed by atoms with van der Waals surface area (Å²) in [7, 11) is 1.51. The average molecular weight is 410 g/mol. The number of nitriles is 1. The number of nitrogens with one attached hydrogen (secondary N) is 2. The maximum absolute atomic E-state index is 13.9. The minimum atomic E-state index is -1.36. The summed E-state index contributed by atoms with van der Waals surface area (Å²) >= 11 is 0. The van der Waals surface area contributed by atoms with Gasteiger partial charge in [0.2, 0.25) is 5.91 Å². The summed E-state index contributed by atoms with van der Waals surface area (Å²) < 4.78 is 19.0. The first kappa shape index (κ1) is 20.8. The molecule has 1 aliphatic rings. The first-order valence-corrected chi connectivity index (χ1v) is 9.02. The number of hydrogen-bond donors (Lipinski definition) is 2. The number of carbonyl (C=O) groups is 3. The molecule has 9 heteroatoms. The number of rotatable bonds is 6. The molecule has 0 spiro atoms. The largest absolute Gasteiger partial charge is 0.497 e. The van der Waals surface area contributed by atoms with Crippen molar-refractivity contribution in [2.75, 3.05) is 13.7 Å². The van der Waals surface area contributed by atoms with Crippen molar-refractivity contribution in [3.05, 3.63) is 65.5 Å². The van der Waals surface area contributed by atoms with Gasteiger partial charge in [0.25, 0.3) is 5.91 Å². The van der Waals surface area contributed by atoms with Gasteiger partial charge in [-0.15, -0.1) is 0 Å². The van der Waals surface area contributed by atoms with E-state index in [0.29, 0.717) is 11.3 Å². The summed E-state index contributed by atoms with van der Waals surface area (Å²) in [5, 5.41) is 14.2. The molecule has 2 N–H and O–H groups in total. The van der Waals surface area contributed by atoms with Crippen molar-refractivity contribution in [2.45, 2.75) is 18.5 Å². The summed E-state index contributed by atoms with van der Waals surface area (Å²) in [6.45, 7) is 0.924. The Bertz CT molecular complexity index is 1030. The highest BCUT2D eigenvalue weighted by Crippen LogP contribution is 2.30. The van der Waals surface area contributed by atoms with Crippen LogP contribution in [0.2, 0.25) is 0 Å². The molecule has 3 rings (SSSR count). The number of imide groups is 1. The lowest BCUT2D eigenvalue weighted by Crippen LogP contribution is -2.43. The van der Waals surface area contributed by atoms with Crippen LogP contribution in [0.1, 0.15) is 24.1 Å². The van der Waals surface area contributed by atoms with Gasteiger partial charge in [-0.05, 0) is 30.7 Å². The third kappa shape index (κ3) is 3.80. The number of ether oxygens (including phenoxy) is 1. The Labute approximate surface area is 172 Å². The maximum Gasteiger partial charge on any atom is 0.325 e. The third-order valence-electron chi connectivity index (χ3n) is 4.89. The number of hydrogen-bond acceptors (Lipinski definition) is 5. The molecule has 30 heavy (non-hydrogen) atoms. The fraction of sp³-hybridized carbons (Fsp3) is 0.238. The molecule has 1 saturated heterocycles. The van der Waals surface area contributed by atoms with Crippen LogP contribution in [0.15, 0.2) is 48.5 Å². The standard InChI is InChI=1S/C21H19FN4O4/c1-21(13-7-9-14(30-2)10-8-13)19(28)26(20(29)25-21)12-18(27)24-17(11-23)15-5-3-4-6-16(15)22/h3-10,17H,12H2,1-2H3,(H,24,27)(H,25,29). The minimum absolute atomic E-state index is 0.00591. The molecule has 0 aromatic heterocycles. The molecule has 0 radical (unpaired) electrons. The predicted molar refractivity (Wildman–Crippen MR) is 103 cm³/mol. The number of halogens is 1. The summed E-state index contributed by atoms with van der Waals surface area (Å²) in [6.07, 6.45) is 0. The van der Waals surface area contributed by atoms with E-state index in [4.69, 9.17) is 4.74 Å². The van der Waals surface area contributed by atoms with E-state index < -0.39 is 41.8 Å². The van der Waals surface area contributed by atoms with Crippen LogP contribution < -0.4 is 15.4 Å². The highest BCUT2D eigenvalue weighted by molar-refractivity contribution is 6.09. The van der Waals surface area contributed by atoms with Crippen LogP contribution in [0.3, 0.4) is 0 Å². The molecule has 8 nitrogen and oxygen atoms in total. The molecule has 2 unspecified atom stereocenters. The van der Waals surface area contributed by atoms with Crippen molar-refractivity contribution in [1.82, 2.24) is 15.5 Å². The molecule has 0 saturated carbocycles. The van der Waals surface area contributed by atoms with Gasteiger partial charge in [0.15, 0.2) is 0 Å². The molecule has 2 aromatic rings. The minimum Gasteiger partial charge on any atom is -0.497 e. The van der Waals surface area contributed by atoms with E-state index >= 15 is 0 Å². The van der Waals surface area contributed by atoms with Gasteiger partial charge in [0.1, 0.15) is 29.7 Å². The normalized spacial score (nSPS) is 19.1. The van der Waals surface area contributed by atoms with Gasteiger partial charge in [-0.2, -0.15) is 5.26 Å². The molecule has 2 atom stereocenters. The number of nitrogens with zero attached hydrogens (tertiary/aromatic N) is 2. The first-order chi connectivity index (χ1) is 14.3. The molecule has 1 heterocycles. The Kier molecular flexibility index (Phi) is 5.69. The van der Waals surface area contributed by atoms with E-state index in [1.807, 2.05) is 0 Å². The molecule has 2 aromatic carbocycles. The zero-order valence-electron chi connectivity index (χ0n) is 16.3. The molecular weight excluding hydrogens is 391 g/mol. The van der Waals surface area contributed by atoms with Crippen molar-refractivity contribution >= 4 is 17.8 Å². The number of carbonyl (C=O) groups excluding carboxylic acids is 3. The fourth-order valence-electron chi connectivity index (χ4n) is 3.20. The van der Waals surface area contributed by atoms with Crippen molar-refractivity contribution in [3.8, 4) is 11.8 Å². The smallest absolute Gasteiger partial charge is 0.325 e. The summed E-state index contributed by atoms with van der Waals surface area (Å²) in [4.78, 5) is 38.4. The van der Waals surface area contributed by atoms with E-state index in [0.717, 1.165) is 4.90 Å². The third-order valence-corrected chi connectivity index (χ3v) is 4.89. The Morgan fingerprint density at radius 3 is 2.53 bits per heavy atom. The molecule has 1 fully saturated rings. The fourth-order valence-corrected chi connectivity index (χ4v) is 3.20. The quantitative estimate of drug-likeness (QED) is 0.708. The van der Waals surface area contributed by atoms with E-state index in [1.54, 1.807) is 30.3 Å². The number of benzene rings is 2. The topological polar surface area (TPSA) is 112 Å². The van der Waals surface area contributed by atoms with E-state index in [9.17, 15) is 24.0 Å². The summed E-state index contributed by atoms with van der Waals surface area (Å²) in [5.74, 6) is -1.45. The van der Waals surface area contributed by atoms with Gasteiger partial charge in [-0.3, -0.25) is 14.5 Å². The second-order valence-corrected chi connectivity index (χ2v) is 6.83. The van der Waals surface area contributed by atoms with Crippen molar-refractivity contribution in [2.24, 2.45) is 0 Å². The van der Waals surface area contributed by atoms with Crippen molar-refractivity contribution in [3.63, 3.8) is 0 Å². The SMILES string of the molecule is COc1ccc(C2(C)NC(=O)N(CC(=O)NC(C#N)c3ccccc3F)C2=O)cc1. The summed E-state index contributed by atoms with van der Waals surface area (Å²) in [5.41, 5.74) is -0.844. The molecule has 154 valence electrons. The number of methoxy groups -OCH3 is 1. The van der Waals surface area contributed by atoms with Crippen LogP contribution in [0.25, 0.3) is 0 Å².